The van der Waals surface area contributed by atoms with Gasteiger partial charge in [0.05, 0.1) is 4.92 Å². The van der Waals surface area contributed by atoms with Crippen molar-refractivity contribution in [3.05, 3.63) is 46.5 Å². The Morgan fingerprint density at radius 2 is 2.25 bits per heavy atom. The second kappa shape index (κ2) is 3.89. The topological polar surface area (TPSA) is 90.9 Å². The molecule has 80 valence electrons. The number of carbonyl (C=O) groups is 1. The van der Waals surface area contributed by atoms with Gasteiger partial charge in [-0.05, 0) is 6.07 Å². The average molecular weight is 218 g/mol. The summed E-state index contributed by atoms with van der Waals surface area (Å²) in [4.78, 5) is 24.7. The predicted octanol–water partition coefficient (Wildman–Crippen LogP) is 0.988. The van der Waals surface area contributed by atoms with E-state index in [2.05, 4.69) is 10.1 Å². The number of rotatable bonds is 3. The smallest absolute Gasteiger partial charge is 0.295 e. The second-order valence-corrected chi connectivity index (χ2v) is 2.93. The molecule has 2 aromatic rings. The summed E-state index contributed by atoms with van der Waals surface area (Å²) in [5, 5.41) is 14.6. The molecule has 0 aliphatic carbocycles. The quantitative estimate of drug-likeness (QED) is 0.435. The first-order chi connectivity index (χ1) is 7.74. The zero-order chi connectivity index (χ0) is 11.5. The van der Waals surface area contributed by atoms with E-state index in [9.17, 15) is 14.9 Å². The molecule has 16 heavy (non-hydrogen) atoms. The van der Waals surface area contributed by atoms with E-state index in [1.807, 2.05) is 0 Å². The molecule has 2 rings (SSSR count). The molecule has 0 saturated heterocycles. The molecule has 0 N–H and O–H groups in total. The predicted molar refractivity (Wildman–Crippen MR) is 53.4 cm³/mol. The van der Waals surface area contributed by atoms with Gasteiger partial charge < -0.3 is 0 Å². The molecule has 0 saturated carbocycles. The summed E-state index contributed by atoms with van der Waals surface area (Å²) in [6, 6.07) is 4.24. The van der Waals surface area contributed by atoms with E-state index in [0.29, 0.717) is 6.29 Å². The number of para-hydroxylation sites is 1. The van der Waals surface area contributed by atoms with Gasteiger partial charge in [0.15, 0.2) is 12.0 Å². The number of hydrogen-bond donors (Lipinski definition) is 0. The number of aromatic nitrogens is 3. The van der Waals surface area contributed by atoms with E-state index in [0.717, 1.165) is 0 Å². The fourth-order valence-corrected chi connectivity index (χ4v) is 1.36. The number of carbonyl (C=O) groups excluding carboxylic acids is 1. The molecule has 0 aliphatic rings. The lowest BCUT2D eigenvalue weighted by molar-refractivity contribution is -0.384. The van der Waals surface area contributed by atoms with Gasteiger partial charge in [-0.25, -0.2) is 9.67 Å². The lowest BCUT2D eigenvalue weighted by atomic mass is 10.1. The van der Waals surface area contributed by atoms with E-state index in [-0.39, 0.29) is 16.9 Å². The maximum Gasteiger partial charge on any atom is 0.295 e. The Morgan fingerprint density at radius 1 is 1.44 bits per heavy atom. The van der Waals surface area contributed by atoms with E-state index in [1.165, 1.54) is 35.5 Å². The summed E-state index contributed by atoms with van der Waals surface area (Å²) in [5.74, 6) is 0. The highest BCUT2D eigenvalue weighted by Gasteiger charge is 2.19. The highest BCUT2D eigenvalue weighted by molar-refractivity contribution is 5.84. The van der Waals surface area contributed by atoms with Gasteiger partial charge in [0, 0.05) is 11.6 Å². The molecule has 0 aliphatic heterocycles. The molecule has 1 heterocycles. The zero-order valence-electron chi connectivity index (χ0n) is 7.98. The summed E-state index contributed by atoms with van der Waals surface area (Å²) >= 11 is 0. The molecule has 0 fully saturated rings. The van der Waals surface area contributed by atoms with Crippen LogP contribution in [0.2, 0.25) is 0 Å². The van der Waals surface area contributed by atoms with Crippen LogP contribution in [0.15, 0.2) is 30.9 Å². The van der Waals surface area contributed by atoms with Crippen LogP contribution in [0.5, 0.6) is 0 Å². The van der Waals surface area contributed by atoms with Crippen molar-refractivity contribution in [1.29, 1.82) is 0 Å². The van der Waals surface area contributed by atoms with Gasteiger partial charge in [0.2, 0.25) is 0 Å². The molecular weight excluding hydrogens is 212 g/mol. The maximum atomic E-state index is 10.8. The third kappa shape index (κ3) is 1.54. The number of benzene rings is 1. The van der Waals surface area contributed by atoms with Gasteiger partial charge in [-0.2, -0.15) is 5.10 Å². The first-order valence-corrected chi connectivity index (χ1v) is 4.31. The summed E-state index contributed by atoms with van der Waals surface area (Å²) in [6.07, 6.45) is 3.09. The van der Waals surface area contributed by atoms with Crippen LogP contribution in [0.3, 0.4) is 0 Å². The van der Waals surface area contributed by atoms with Gasteiger partial charge in [-0.15, -0.1) is 0 Å². The minimum Gasteiger partial charge on any atom is -0.298 e. The van der Waals surface area contributed by atoms with Crippen molar-refractivity contribution >= 4 is 12.0 Å². The average Bonchev–Trinajstić information content (AvgIpc) is 2.81. The van der Waals surface area contributed by atoms with Crippen LogP contribution in [0.25, 0.3) is 5.69 Å². The Morgan fingerprint density at radius 3 is 2.81 bits per heavy atom. The van der Waals surface area contributed by atoms with Crippen LogP contribution in [-0.2, 0) is 0 Å². The maximum absolute atomic E-state index is 10.8. The van der Waals surface area contributed by atoms with Crippen molar-refractivity contribution in [3.8, 4) is 5.69 Å². The van der Waals surface area contributed by atoms with Gasteiger partial charge in [-0.1, -0.05) is 6.07 Å². The van der Waals surface area contributed by atoms with Gasteiger partial charge in [0.1, 0.15) is 12.7 Å². The van der Waals surface area contributed by atoms with E-state index in [4.69, 9.17) is 0 Å². The third-order valence-corrected chi connectivity index (χ3v) is 2.02. The van der Waals surface area contributed by atoms with Crippen LogP contribution >= 0.6 is 0 Å². The van der Waals surface area contributed by atoms with Gasteiger partial charge in [0.25, 0.3) is 5.69 Å². The van der Waals surface area contributed by atoms with Crippen molar-refractivity contribution in [1.82, 2.24) is 14.8 Å². The molecule has 0 unspecified atom stereocenters. The fraction of sp³-hybridized carbons (Fsp3) is 0. The standard InChI is InChI=1S/C9H6N4O3/c14-4-7-2-1-3-8(13(15)16)9(7)12-6-10-5-11-12/h1-6H. The molecule has 7 nitrogen and oxygen atoms in total. The van der Waals surface area contributed by atoms with Crippen LogP contribution in [0.1, 0.15) is 10.4 Å². The molecule has 1 aromatic heterocycles. The molecule has 0 bridgehead atoms. The SMILES string of the molecule is O=Cc1cccc([N+](=O)[O-])c1-n1cncn1. The number of nitrogens with zero attached hydrogens (tertiary/aromatic N) is 4. The first-order valence-electron chi connectivity index (χ1n) is 4.31. The van der Waals surface area contributed by atoms with Crippen LogP contribution in [0.4, 0.5) is 5.69 Å². The monoisotopic (exact) mass is 218 g/mol. The van der Waals surface area contributed by atoms with Gasteiger partial charge >= 0.3 is 0 Å². The van der Waals surface area contributed by atoms with E-state index < -0.39 is 4.92 Å². The normalized spacial score (nSPS) is 10.0. The van der Waals surface area contributed by atoms with Crippen LogP contribution < -0.4 is 0 Å². The number of nitro groups is 1. The van der Waals surface area contributed by atoms with Crippen molar-refractivity contribution in [3.63, 3.8) is 0 Å². The Bertz CT molecular complexity index is 536. The van der Waals surface area contributed by atoms with E-state index >= 15 is 0 Å². The van der Waals surface area contributed by atoms with Crippen molar-refractivity contribution < 1.29 is 9.72 Å². The lowest BCUT2D eigenvalue weighted by Crippen LogP contribution is -2.04. The molecule has 0 amide bonds. The molecule has 7 heteroatoms. The van der Waals surface area contributed by atoms with Crippen LogP contribution in [0, 0.1) is 10.1 Å². The molecular formula is C9H6N4O3. The Labute approximate surface area is 89.5 Å². The summed E-state index contributed by atoms with van der Waals surface area (Å²) in [5.41, 5.74) is 0.134. The highest BCUT2D eigenvalue weighted by Crippen LogP contribution is 2.24. The number of nitro benzene ring substituents is 1. The Hall–Kier alpha value is -2.57. The Balaban J connectivity index is 2.73. The van der Waals surface area contributed by atoms with Crippen LogP contribution in [-0.4, -0.2) is 26.0 Å². The Kier molecular flexibility index (Phi) is 2.42. The van der Waals surface area contributed by atoms with Gasteiger partial charge in [-0.3, -0.25) is 14.9 Å². The first kappa shape index (κ1) is 9.97. The highest BCUT2D eigenvalue weighted by atomic mass is 16.6. The molecule has 0 radical (unpaired) electrons. The minimum absolute atomic E-state index is 0.125. The van der Waals surface area contributed by atoms with E-state index in [1.54, 1.807) is 0 Å². The summed E-state index contributed by atoms with van der Waals surface area (Å²) in [6.45, 7) is 0. The zero-order valence-corrected chi connectivity index (χ0v) is 7.98. The molecule has 0 atom stereocenters. The summed E-state index contributed by atoms with van der Waals surface area (Å²) < 4.78 is 1.20. The minimum atomic E-state index is -0.565. The largest absolute Gasteiger partial charge is 0.298 e. The number of aldehydes is 1. The molecule has 0 spiro atoms. The third-order valence-electron chi connectivity index (χ3n) is 2.02. The number of hydrogen-bond acceptors (Lipinski definition) is 5. The lowest BCUT2D eigenvalue weighted by Gasteiger charge is -2.04. The fourth-order valence-electron chi connectivity index (χ4n) is 1.36. The van der Waals surface area contributed by atoms with Crippen molar-refractivity contribution in [2.45, 2.75) is 0 Å². The molecule has 1 aromatic carbocycles. The van der Waals surface area contributed by atoms with Crippen molar-refractivity contribution in [2.75, 3.05) is 0 Å². The van der Waals surface area contributed by atoms with Crippen molar-refractivity contribution in [2.24, 2.45) is 0 Å². The second-order valence-electron chi connectivity index (χ2n) is 2.93. The summed E-state index contributed by atoms with van der Waals surface area (Å²) in [7, 11) is 0.